The van der Waals surface area contributed by atoms with Gasteiger partial charge in [-0.3, -0.25) is 9.88 Å². The minimum absolute atomic E-state index is 0.245. The summed E-state index contributed by atoms with van der Waals surface area (Å²) in [6.45, 7) is 9.48. The number of aliphatic hydroxyl groups is 1. The molecule has 0 atom stereocenters. The van der Waals surface area contributed by atoms with Crippen LogP contribution in [0.2, 0.25) is 0 Å². The summed E-state index contributed by atoms with van der Waals surface area (Å²) in [6.07, 6.45) is 3.79. The fraction of sp³-hybridized carbons (Fsp3) is 0.667. The molecule has 0 aliphatic heterocycles. The highest BCUT2D eigenvalue weighted by Gasteiger charge is 2.10. The Kier molecular flexibility index (Phi) is 7.45. The molecule has 0 radical (unpaired) electrons. The third kappa shape index (κ3) is 6.03. The van der Waals surface area contributed by atoms with Crippen LogP contribution in [-0.4, -0.2) is 40.7 Å². The van der Waals surface area contributed by atoms with E-state index in [4.69, 9.17) is 5.11 Å². The van der Waals surface area contributed by atoms with Crippen molar-refractivity contribution in [2.75, 3.05) is 25.0 Å². The monoisotopic (exact) mass is 265 g/mol. The SMILES string of the molecule is CCCNc1ccnc(CN(CCCO)C(C)C)c1. The number of rotatable bonds is 9. The lowest BCUT2D eigenvalue weighted by molar-refractivity contribution is 0.183. The number of pyridine rings is 1. The number of hydrogen-bond donors (Lipinski definition) is 2. The molecule has 1 aromatic heterocycles. The van der Waals surface area contributed by atoms with Crippen molar-refractivity contribution in [2.24, 2.45) is 0 Å². The van der Waals surface area contributed by atoms with E-state index in [-0.39, 0.29) is 6.61 Å². The maximum atomic E-state index is 8.95. The molecule has 0 unspecified atom stereocenters. The number of anilines is 1. The quantitative estimate of drug-likeness (QED) is 0.720. The number of nitrogens with one attached hydrogen (secondary N) is 1. The van der Waals surface area contributed by atoms with E-state index in [0.29, 0.717) is 6.04 Å². The highest BCUT2D eigenvalue weighted by molar-refractivity contribution is 5.43. The average Bonchev–Trinajstić information content (AvgIpc) is 2.41. The molecule has 0 amide bonds. The Balaban J connectivity index is 2.62. The third-order valence-electron chi connectivity index (χ3n) is 3.09. The fourth-order valence-electron chi connectivity index (χ4n) is 1.95. The molecule has 4 heteroatoms. The second kappa shape index (κ2) is 8.88. The Labute approximate surface area is 116 Å². The molecule has 0 saturated heterocycles. The van der Waals surface area contributed by atoms with Gasteiger partial charge in [0.05, 0.1) is 5.69 Å². The lowest BCUT2D eigenvalue weighted by Crippen LogP contribution is -2.32. The van der Waals surface area contributed by atoms with Crippen LogP contribution in [0.15, 0.2) is 18.3 Å². The van der Waals surface area contributed by atoms with E-state index in [0.717, 1.165) is 43.9 Å². The summed E-state index contributed by atoms with van der Waals surface area (Å²) in [5.41, 5.74) is 2.21. The molecule has 1 aromatic rings. The van der Waals surface area contributed by atoms with Crippen molar-refractivity contribution in [1.29, 1.82) is 0 Å². The van der Waals surface area contributed by atoms with Gasteiger partial charge in [0, 0.05) is 44.2 Å². The van der Waals surface area contributed by atoms with Gasteiger partial charge in [0.2, 0.25) is 0 Å². The lowest BCUT2D eigenvalue weighted by atomic mass is 10.2. The summed E-state index contributed by atoms with van der Waals surface area (Å²) in [6, 6.07) is 4.58. The van der Waals surface area contributed by atoms with Crippen molar-refractivity contribution in [2.45, 2.75) is 46.2 Å². The summed E-state index contributed by atoms with van der Waals surface area (Å²) in [5, 5.41) is 12.3. The van der Waals surface area contributed by atoms with Gasteiger partial charge in [-0.1, -0.05) is 6.92 Å². The van der Waals surface area contributed by atoms with Gasteiger partial charge in [0.25, 0.3) is 0 Å². The molecule has 108 valence electrons. The van der Waals surface area contributed by atoms with Crippen molar-refractivity contribution in [1.82, 2.24) is 9.88 Å². The van der Waals surface area contributed by atoms with Crippen LogP contribution in [0.25, 0.3) is 0 Å². The Morgan fingerprint density at radius 1 is 1.42 bits per heavy atom. The normalized spacial score (nSPS) is 11.3. The van der Waals surface area contributed by atoms with Gasteiger partial charge < -0.3 is 10.4 Å². The van der Waals surface area contributed by atoms with Crippen LogP contribution in [0.3, 0.4) is 0 Å². The van der Waals surface area contributed by atoms with Gasteiger partial charge in [0.1, 0.15) is 0 Å². The first kappa shape index (κ1) is 15.9. The van der Waals surface area contributed by atoms with Crippen molar-refractivity contribution in [3.05, 3.63) is 24.0 Å². The number of aromatic nitrogens is 1. The Hall–Kier alpha value is -1.13. The summed E-state index contributed by atoms with van der Waals surface area (Å²) >= 11 is 0. The zero-order valence-corrected chi connectivity index (χ0v) is 12.4. The highest BCUT2D eigenvalue weighted by atomic mass is 16.3. The summed E-state index contributed by atoms with van der Waals surface area (Å²) in [5.74, 6) is 0. The molecule has 0 fully saturated rings. The zero-order chi connectivity index (χ0) is 14.1. The first-order valence-corrected chi connectivity index (χ1v) is 7.21. The van der Waals surface area contributed by atoms with Crippen molar-refractivity contribution in [3.8, 4) is 0 Å². The van der Waals surface area contributed by atoms with E-state index in [1.165, 1.54) is 0 Å². The van der Waals surface area contributed by atoms with Gasteiger partial charge in [-0.15, -0.1) is 0 Å². The third-order valence-corrected chi connectivity index (χ3v) is 3.09. The minimum Gasteiger partial charge on any atom is -0.396 e. The largest absolute Gasteiger partial charge is 0.396 e. The van der Waals surface area contributed by atoms with Crippen molar-refractivity contribution >= 4 is 5.69 Å². The number of nitrogens with zero attached hydrogens (tertiary/aromatic N) is 2. The molecule has 1 rings (SSSR count). The first-order chi connectivity index (χ1) is 9.17. The van der Waals surface area contributed by atoms with Crippen LogP contribution in [0.5, 0.6) is 0 Å². The van der Waals surface area contributed by atoms with Gasteiger partial charge in [-0.05, 0) is 38.8 Å². The first-order valence-electron chi connectivity index (χ1n) is 7.21. The second-order valence-corrected chi connectivity index (χ2v) is 5.10. The maximum absolute atomic E-state index is 8.95. The summed E-state index contributed by atoms with van der Waals surface area (Å²) < 4.78 is 0. The van der Waals surface area contributed by atoms with E-state index in [9.17, 15) is 0 Å². The van der Waals surface area contributed by atoms with Gasteiger partial charge in [0.15, 0.2) is 0 Å². The molecule has 0 spiro atoms. The van der Waals surface area contributed by atoms with E-state index in [1.807, 2.05) is 12.3 Å². The number of hydrogen-bond acceptors (Lipinski definition) is 4. The summed E-state index contributed by atoms with van der Waals surface area (Å²) in [4.78, 5) is 6.77. The van der Waals surface area contributed by atoms with Gasteiger partial charge in [-0.25, -0.2) is 0 Å². The smallest absolute Gasteiger partial charge is 0.0564 e. The molecule has 0 aromatic carbocycles. The van der Waals surface area contributed by atoms with E-state index >= 15 is 0 Å². The molecule has 1 heterocycles. The molecule has 4 nitrogen and oxygen atoms in total. The Morgan fingerprint density at radius 2 is 2.21 bits per heavy atom. The minimum atomic E-state index is 0.245. The van der Waals surface area contributed by atoms with Crippen LogP contribution in [0.1, 0.15) is 39.3 Å². The fourth-order valence-corrected chi connectivity index (χ4v) is 1.95. The molecule has 19 heavy (non-hydrogen) atoms. The number of aliphatic hydroxyl groups excluding tert-OH is 1. The second-order valence-electron chi connectivity index (χ2n) is 5.10. The molecule has 0 aliphatic rings. The van der Waals surface area contributed by atoms with Crippen LogP contribution in [0.4, 0.5) is 5.69 Å². The van der Waals surface area contributed by atoms with Crippen LogP contribution in [-0.2, 0) is 6.54 Å². The van der Waals surface area contributed by atoms with Crippen LogP contribution < -0.4 is 5.32 Å². The summed E-state index contributed by atoms with van der Waals surface area (Å²) in [7, 11) is 0. The van der Waals surface area contributed by atoms with Crippen molar-refractivity contribution < 1.29 is 5.11 Å². The van der Waals surface area contributed by atoms with Crippen LogP contribution in [0, 0.1) is 0 Å². The zero-order valence-electron chi connectivity index (χ0n) is 12.4. The molecule has 0 aliphatic carbocycles. The standard InChI is InChI=1S/C15H27N3O/c1-4-7-16-14-6-8-17-15(11-14)12-18(13(2)3)9-5-10-19/h6,8,11,13,19H,4-5,7,9-10,12H2,1-3H3,(H,16,17). The van der Waals surface area contributed by atoms with Crippen LogP contribution >= 0.6 is 0 Å². The average molecular weight is 265 g/mol. The molecule has 0 bridgehead atoms. The molecule has 2 N–H and O–H groups in total. The lowest BCUT2D eigenvalue weighted by Gasteiger charge is -2.25. The van der Waals surface area contributed by atoms with E-state index in [1.54, 1.807) is 0 Å². The van der Waals surface area contributed by atoms with Crippen molar-refractivity contribution in [3.63, 3.8) is 0 Å². The van der Waals surface area contributed by atoms with Gasteiger partial charge >= 0.3 is 0 Å². The van der Waals surface area contributed by atoms with E-state index in [2.05, 4.69) is 42.0 Å². The molecular weight excluding hydrogens is 238 g/mol. The maximum Gasteiger partial charge on any atom is 0.0564 e. The predicted octanol–water partition coefficient (Wildman–Crippen LogP) is 2.50. The van der Waals surface area contributed by atoms with Gasteiger partial charge in [-0.2, -0.15) is 0 Å². The Morgan fingerprint density at radius 3 is 2.84 bits per heavy atom. The topological polar surface area (TPSA) is 48.4 Å². The predicted molar refractivity (Wildman–Crippen MR) is 80.3 cm³/mol. The van der Waals surface area contributed by atoms with E-state index < -0.39 is 0 Å². The Bertz CT molecular complexity index is 355. The molecular formula is C15H27N3O. The highest BCUT2D eigenvalue weighted by Crippen LogP contribution is 2.12. The molecule has 0 saturated carbocycles.